The highest BCUT2D eigenvalue weighted by atomic mass is 16.5. The maximum Gasteiger partial charge on any atom is 0.127 e. The van der Waals surface area contributed by atoms with Gasteiger partial charge in [-0.25, -0.2) is 0 Å². The summed E-state index contributed by atoms with van der Waals surface area (Å²) in [6.07, 6.45) is 0. The first-order valence-corrected chi connectivity index (χ1v) is 7.40. The first kappa shape index (κ1) is 15.4. The Morgan fingerprint density at radius 3 is 1.90 bits per heavy atom. The molecular formula is C18H23NO2. The lowest BCUT2D eigenvalue weighted by Gasteiger charge is -2.10. The van der Waals surface area contributed by atoms with Crippen LogP contribution in [0.2, 0.25) is 0 Å². The second-order valence-electron chi connectivity index (χ2n) is 5.19. The first-order valence-electron chi connectivity index (χ1n) is 7.40. The molecule has 112 valence electrons. The average Bonchev–Trinajstić information content (AvgIpc) is 2.49. The molecule has 3 nitrogen and oxygen atoms in total. The van der Waals surface area contributed by atoms with Crippen molar-refractivity contribution >= 4 is 0 Å². The zero-order valence-corrected chi connectivity index (χ0v) is 12.9. The Labute approximate surface area is 126 Å². The van der Waals surface area contributed by atoms with Gasteiger partial charge in [0.1, 0.15) is 17.2 Å². The molecule has 0 unspecified atom stereocenters. The van der Waals surface area contributed by atoms with E-state index < -0.39 is 0 Å². The van der Waals surface area contributed by atoms with E-state index >= 15 is 0 Å². The van der Waals surface area contributed by atoms with Gasteiger partial charge in [-0.3, -0.25) is 0 Å². The maximum atomic E-state index is 5.82. The molecule has 1 N–H and O–H groups in total. The Bertz CT molecular complexity index is 532. The molecule has 2 aromatic rings. The summed E-state index contributed by atoms with van der Waals surface area (Å²) < 4.78 is 11.2. The Morgan fingerprint density at radius 1 is 0.857 bits per heavy atom. The molecule has 3 heteroatoms. The smallest absolute Gasteiger partial charge is 0.127 e. The molecule has 0 saturated carbocycles. The largest absolute Gasteiger partial charge is 0.494 e. The summed E-state index contributed by atoms with van der Waals surface area (Å²) in [5, 5.41) is 3.39. The van der Waals surface area contributed by atoms with Crippen molar-refractivity contribution in [3.8, 4) is 17.2 Å². The number of nitrogens with one attached hydrogen (secondary N) is 1. The minimum Gasteiger partial charge on any atom is -0.494 e. The Morgan fingerprint density at radius 2 is 1.38 bits per heavy atom. The van der Waals surface area contributed by atoms with Crippen molar-refractivity contribution in [2.75, 3.05) is 6.61 Å². The molecule has 0 saturated heterocycles. The van der Waals surface area contributed by atoms with Gasteiger partial charge in [-0.2, -0.15) is 0 Å². The van der Waals surface area contributed by atoms with Crippen LogP contribution in [-0.4, -0.2) is 12.6 Å². The topological polar surface area (TPSA) is 30.5 Å². The fraction of sp³-hybridized carbons (Fsp3) is 0.333. The van der Waals surface area contributed by atoms with Crippen molar-refractivity contribution in [3.05, 3.63) is 54.1 Å². The predicted octanol–water partition coefficient (Wildman–Crippen LogP) is 4.38. The van der Waals surface area contributed by atoms with Crippen LogP contribution in [-0.2, 0) is 6.54 Å². The molecule has 2 aromatic carbocycles. The molecule has 21 heavy (non-hydrogen) atoms. The van der Waals surface area contributed by atoms with Gasteiger partial charge in [0.25, 0.3) is 0 Å². The van der Waals surface area contributed by atoms with E-state index in [0.717, 1.165) is 23.8 Å². The lowest BCUT2D eigenvalue weighted by molar-refractivity contribution is 0.339. The molecule has 0 spiro atoms. The standard InChI is InChI=1S/C18H23NO2/c1-4-20-16-9-11-18(12-10-16)21-17-7-5-15(6-8-17)13-19-14(2)3/h5-12,14,19H,4,13H2,1-3H3. The first-order chi connectivity index (χ1) is 10.2. The van der Waals surface area contributed by atoms with Crippen molar-refractivity contribution in [2.45, 2.75) is 33.4 Å². The van der Waals surface area contributed by atoms with Crippen molar-refractivity contribution < 1.29 is 9.47 Å². The number of hydrogen-bond donors (Lipinski definition) is 1. The van der Waals surface area contributed by atoms with Gasteiger partial charge in [0.05, 0.1) is 6.61 Å². The lowest BCUT2D eigenvalue weighted by Crippen LogP contribution is -2.21. The predicted molar refractivity (Wildman–Crippen MR) is 86.1 cm³/mol. The van der Waals surface area contributed by atoms with Crippen LogP contribution in [0.5, 0.6) is 17.2 Å². The molecule has 0 aromatic heterocycles. The van der Waals surface area contributed by atoms with E-state index in [4.69, 9.17) is 9.47 Å². The monoisotopic (exact) mass is 285 g/mol. The van der Waals surface area contributed by atoms with Crippen LogP contribution < -0.4 is 14.8 Å². The molecule has 0 radical (unpaired) electrons. The molecule has 0 heterocycles. The van der Waals surface area contributed by atoms with E-state index in [-0.39, 0.29) is 0 Å². The third kappa shape index (κ3) is 5.12. The van der Waals surface area contributed by atoms with Gasteiger partial charge in [0.15, 0.2) is 0 Å². The fourth-order valence-electron chi connectivity index (χ4n) is 1.90. The second-order valence-corrected chi connectivity index (χ2v) is 5.19. The van der Waals surface area contributed by atoms with Crippen LogP contribution >= 0.6 is 0 Å². The second kappa shape index (κ2) is 7.70. The quantitative estimate of drug-likeness (QED) is 0.819. The van der Waals surface area contributed by atoms with Crippen molar-refractivity contribution in [2.24, 2.45) is 0 Å². The summed E-state index contributed by atoms with van der Waals surface area (Å²) in [5.74, 6) is 2.51. The van der Waals surface area contributed by atoms with Crippen LogP contribution in [0.3, 0.4) is 0 Å². The fourth-order valence-corrected chi connectivity index (χ4v) is 1.90. The third-order valence-electron chi connectivity index (χ3n) is 3.01. The van der Waals surface area contributed by atoms with E-state index in [1.807, 2.05) is 43.3 Å². The Balaban J connectivity index is 1.93. The summed E-state index contributed by atoms with van der Waals surface area (Å²) in [7, 11) is 0. The number of hydrogen-bond acceptors (Lipinski definition) is 3. The molecular weight excluding hydrogens is 262 g/mol. The van der Waals surface area contributed by atoms with E-state index in [2.05, 4.69) is 31.3 Å². The molecule has 0 atom stereocenters. The highest BCUT2D eigenvalue weighted by molar-refractivity contribution is 5.36. The molecule has 0 bridgehead atoms. The van der Waals surface area contributed by atoms with Gasteiger partial charge in [0.2, 0.25) is 0 Å². The Kier molecular flexibility index (Phi) is 5.64. The van der Waals surface area contributed by atoms with Crippen LogP contribution in [0.25, 0.3) is 0 Å². The van der Waals surface area contributed by atoms with Gasteiger partial charge in [-0.1, -0.05) is 26.0 Å². The molecule has 2 rings (SSSR count). The molecule has 0 aliphatic rings. The van der Waals surface area contributed by atoms with Crippen LogP contribution in [0.15, 0.2) is 48.5 Å². The van der Waals surface area contributed by atoms with Crippen LogP contribution in [0.1, 0.15) is 26.3 Å². The van der Waals surface area contributed by atoms with Crippen molar-refractivity contribution in [3.63, 3.8) is 0 Å². The van der Waals surface area contributed by atoms with Crippen LogP contribution in [0, 0.1) is 0 Å². The molecule has 0 fully saturated rings. The zero-order valence-electron chi connectivity index (χ0n) is 12.9. The minimum atomic E-state index is 0.491. The summed E-state index contributed by atoms with van der Waals surface area (Å²) in [6.45, 7) is 7.81. The summed E-state index contributed by atoms with van der Waals surface area (Å²) in [4.78, 5) is 0. The van der Waals surface area contributed by atoms with Gasteiger partial charge >= 0.3 is 0 Å². The van der Waals surface area contributed by atoms with Crippen molar-refractivity contribution in [1.29, 1.82) is 0 Å². The average molecular weight is 285 g/mol. The van der Waals surface area contributed by atoms with Gasteiger partial charge < -0.3 is 14.8 Å². The zero-order chi connectivity index (χ0) is 15.1. The summed E-state index contributed by atoms with van der Waals surface area (Å²) in [5.41, 5.74) is 1.25. The maximum absolute atomic E-state index is 5.82. The normalized spacial score (nSPS) is 10.7. The van der Waals surface area contributed by atoms with Gasteiger partial charge in [-0.15, -0.1) is 0 Å². The summed E-state index contributed by atoms with van der Waals surface area (Å²) in [6, 6.07) is 16.3. The minimum absolute atomic E-state index is 0.491. The number of benzene rings is 2. The van der Waals surface area contributed by atoms with E-state index in [9.17, 15) is 0 Å². The SMILES string of the molecule is CCOc1ccc(Oc2ccc(CNC(C)C)cc2)cc1. The molecule has 0 aliphatic heterocycles. The van der Waals surface area contributed by atoms with Gasteiger partial charge in [0, 0.05) is 12.6 Å². The van der Waals surface area contributed by atoms with Crippen molar-refractivity contribution in [1.82, 2.24) is 5.32 Å². The lowest BCUT2D eigenvalue weighted by atomic mass is 10.2. The van der Waals surface area contributed by atoms with E-state index in [0.29, 0.717) is 12.6 Å². The molecule has 0 amide bonds. The Hall–Kier alpha value is -2.00. The highest BCUT2D eigenvalue weighted by Crippen LogP contribution is 2.24. The number of rotatable bonds is 7. The van der Waals surface area contributed by atoms with Crippen LogP contribution in [0.4, 0.5) is 0 Å². The molecule has 0 aliphatic carbocycles. The van der Waals surface area contributed by atoms with E-state index in [1.165, 1.54) is 5.56 Å². The van der Waals surface area contributed by atoms with E-state index in [1.54, 1.807) is 0 Å². The summed E-state index contributed by atoms with van der Waals surface area (Å²) >= 11 is 0. The third-order valence-corrected chi connectivity index (χ3v) is 3.01. The van der Waals surface area contributed by atoms with Gasteiger partial charge in [-0.05, 0) is 48.9 Å². The highest BCUT2D eigenvalue weighted by Gasteiger charge is 2.00. The number of ether oxygens (including phenoxy) is 2.